The summed E-state index contributed by atoms with van der Waals surface area (Å²) in [5.41, 5.74) is 0.317. The lowest BCUT2D eigenvalue weighted by Gasteiger charge is -2.14. The van der Waals surface area contributed by atoms with Crippen LogP contribution in [0, 0.1) is 16.0 Å². The minimum atomic E-state index is -0.493. The number of hydrogen-bond donors (Lipinski definition) is 0. The molecule has 0 saturated heterocycles. The maximum absolute atomic E-state index is 11.8. The van der Waals surface area contributed by atoms with Crippen LogP contribution >= 0.6 is 0 Å². The molecule has 1 rings (SSSR count). The fourth-order valence-corrected chi connectivity index (χ4v) is 1.89. The Balaban J connectivity index is 2.51. The molecule has 0 spiro atoms. The first-order chi connectivity index (χ1) is 9.58. The Bertz CT molecular complexity index is 442. The second kappa shape index (κ2) is 8.30. The van der Waals surface area contributed by atoms with Crippen LogP contribution in [0.5, 0.6) is 0 Å². The highest BCUT2D eigenvalue weighted by molar-refractivity contribution is 5.89. The molecule has 0 fully saturated rings. The summed E-state index contributed by atoms with van der Waals surface area (Å²) in [5, 5.41) is 10.5. The molecule has 1 aromatic carbocycles. The van der Waals surface area contributed by atoms with Crippen LogP contribution in [-0.4, -0.2) is 17.5 Å². The van der Waals surface area contributed by atoms with Gasteiger partial charge in [0.2, 0.25) is 0 Å². The van der Waals surface area contributed by atoms with Crippen molar-refractivity contribution in [2.45, 2.75) is 39.5 Å². The zero-order chi connectivity index (χ0) is 15.0. The first-order valence-electron chi connectivity index (χ1n) is 7.00. The molecule has 0 amide bonds. The average Bonchev–Trinajstić information content (AvgIpc) is 2.47. The Kier molecular flexibility index (Phi) is 6.70. The van der Waals surface area contributed by atoms with Gasteiger partial charge in [-0.1, -0.05) is 33.1 Å². The molecule has 1 atom stereocenters. The van der Waals surface area contributed by atoms with Gasteiger partial charge in [0.1, 0.15) is 0 Å². The Morgan fingerprint density at radius 2 is 1.95 bits per heavy atom. The molecule has 0 radical (unpaired) electrons. The number of carbonyl (C=O) groups excluding carboxylic acids is 1. The standard InChI is InChI=1S/C15H21NO4/c1-3-5-6-12(4-2)11-20-15(17)13-7-9-14(10-8-13)16(18)19/h7-10,12H,3-6,11H2,1-2H3/t12-/m0/s1. The quantitative estimate of drug-likeness (QED) is 0.410. The molecular formula is C15H21NO4. The largest absolute Gasteiger partial charge is 0.462 e. The third-order valence-electron chi connectivity index (χ3n) is 3.31. The summed E-state index contributed by atoms with van der Waals surface area (Å²) >= 11 is 0. The van der Waals surface area contributed by atoms with E-state index in [2.05, 4.69) is 13.8 Å². The van der Waals surface area contributed by atoms with Crippen LogP contribution < -0.4 is 0 Å². The van der Waals surface area contributed by atoms with Crippen molar-refractivity contribution >= 4 is 11.7 Å². The van der Waals surface area contributed by atoms with E-state index >= 15 is 0 Å². The van der Waals surface area contributed by atoms with E-state index in [0.29, 0.717) is 18.1 Å². The third-order valence-corrected chi connectivity index (χ3v) is 3.31. The van der Waals surface area contributed by atoms with Crippen molar-refractivity contribution in [3.8, 4) is 0 Å². The van der Waals surface area contributed by atoms with Gasteiger partial charge in [0, 0.05) is 12.1 Å². The number of nitrogens with zero attached hydrogens (tertiary/aromatic N) is 1. The Morgan fingerprint density at radius 3 is 2.45 bits per heavy atom. The number of nitro groups is 1. The SMILES string of the molecule is CCCC[C@H](CC)COC(=O)c1ccc([N+](=O)[O-])cc1. The summed E-state index contributed by atoms with van der Waals surface area (Å²) in [4.78, 5) is 21.9. The molecule has 0 aromatic heterocycles. The van der Waals surface area contributed by atoms with Crippen molar-refractivity contribution in [2.24, 2.45) is 5.92 Å². The number of unbranched alkanes of at least 4 members (excludes halogenated alkanes) is 1. The molecule has 0 unspecified atom stereocenters. The summed E-state index contributed by atoms with van der Waals surface area (Å²) in [6, 6.07) is 5.47. The first-order valence-corrected chi connectivity index (χ1v) is 7.00. The van der Waals surface area contributed by atoms with E-state index in [4.69, 9.17) is 4.74 Å². The number of carbonyl (C=O) groups is 1. The zero-order valence-electron chi connectivity index (χ0n) is 12.0. The van der Waals surface area contributed by atoms with Gasteiger partial charge in [0.25, 0.3) is 5.69 Å². The lowest BCUT2D eigenvalue weighted by molar-refractivity contribution is -0.384. The number of ether oxygens (including phenoxy) is 1. The van der Waals surface area contributed by atoms with E-state index in [9.17, 15) is 14.9 Å². The van der Waals surface area contributed by atoms with E-state index in [1.54, 1.807) is 0 Å². The van der Waals surface area contributed by atoms with Crippen LogP contribution in [0.4, 0.5) is 5.69 Å². The molecule has 1 aromatic rings. The molecule has 20 heavy (non-hydrogen) atoms. The molecule has 5 heteroatoms. The monoisotopic (exact) mass is 279 g/mol. The molecule has 0 heterocycles. The normalized spacial score (nSPS) is 11.9. The van der Waals surface area contributed by atoms with Gasteiger partial charge in [-0.2, -0.15) is 0 Å². The summed E-state index contributed by atoms with van der Waals surface area (Å²) < 4.78 is 5.27. The fraction of sp³-hybridized carbons (Fsp3) is 0.533. The average molecular weight is 279 g/mol. The Hall–Kier alpha value is -1.91. The molecule has 0 aliphatic rings. The minimum absolute atomic E-state index is 0.0315. The lowest BCUT2D eigenvalue weighted by atomic mass is 10.0. The molecule has 0 aliphatic carbocycles. The van der Waals surface area contributed by atoms with Crippen LogP contribution in [-0.2, 0) is 4.74 Å². The van der Waals surface area contributed by atoms with Crippen molar-refractivity contribution in [3.05, 3.63) is 39.9 Å². The number of hydrogen-bond acceptors (Lipinski definition) is 4. The van der Waals surface area contributed by atoms with E-state index in [0.717, 1.165) is 25.7 Å². The maximum Gasteiger partial charge on any atom is 0.338 e. The van der Waals surface area contributed by atoms with Gasteiger partial charge in [-0.25, -0.2) is 4.79 Å². The van der Waals surface area contributed by atoms with Crippen LogP contribution in [0.2, 0.25) is 0 Å². The third kappa shape index (κ3) is 4.99. The molecule has 110 valence electrons. The highest BCUT2D eigenvalue weighted by atomic mass is 16.6. The maximum atomic E-state index is 11.8. The topological polar surface area (TPSA) is 69.4 Å². The van der Waals surface area contributed by atoms with Gasteiger partial charge in [-0.15, -0.1) is 0 Å². The van der Waals surface area contributed by atoms with Crippen molar-refractivity contribution in [1.29, 1.82) is 0 Å². The smallest absolute Gasteiger partial charge is 0.338 e. The molecule has 0 N–H and O–H groups in total. The van der Waals surface area contributed by atoms with Crippen molar-refractivity contribution in [2.75, 3.05) is 6.61 Å². The van der Waals surface area contributed by atoms with E-state index in [1.165, 1.54) is 24.3 Å². The number of nitro benzene ring substituents is 1. The predicted molar refractivity (Wildman–Crippen MR) is 76.7 cm³/mol. The van der Waals surface area contributed by atoms with Gasteiger partial charge < -0.3 is 4.74 Å². The molecule has 5 nitrogen and oxygen atoms in total. The lowest BCUT2D eigenvalue weighted by Crippen LogP contribution is -2.14. The first kappa shape index (κ1) is 16.1. The molecule has 0 bridgehead atoms. The summed E-state index contributed by atoms with van der Waals surface area (Å²) in [6.45, 7) is 4.63. The molecule has 0 saturated carbocycles. The van der Waals surface area contributed by atoms with Gasteiger partial charge in [-0.05, 0) is 24.5 Å². The number of benzene rings is 1. The van der Waals surface area contributed by atoms with Crippen LogP contribution in [0.15, 0.2) is 24.3 Å². The van der Waals surface area contributed by atoms with E-state index in [1.807, 2.05) is 0 Å². The van der Waals surface area contributed by atoms with Gasteiger partial charge in [0.05, 0.1) is 17.1 Å². The van der Waals surface area contributed by atoms with Crippen LogP contribution in [0.3, 0.4) is 0 Å². The Labute approximate surface area is 119 Å². The fourth-order valence-electron chi connectivity index (χ4n) is 1.89. The second-order valence-corrected chi connectivity index (χ2v) is 4.82. The van der Waals surface area contributed by atoms with Crippen molar-refractivity contribution in [1.82, 2.24) is 0 Å². The minimum Gasteiger partial charge on any atom is -0.462 e. The van der Waals surface area contributed by atoms with E-state index in [-0.39, 0.29) is 5.69 Å². The summed E-state index contributed by atoms with van der Waals surface area (Å²) in [6.07, 6.45) is 4.30. The Morgan fingerprint density at radius 1 is 1.30 bits per heavy atom. The van der Waals surface area contributed by atoms with Crippen LogP contribution in [0.25, 0.3) is 0 Å². The second-order valence-electron chi connectivity index (χ2n) is 4.82. The molecular weight excluding hydrogens is 258 g/mol. The van der Waals surface area contributed by atoms with Crippen molar-refractivity contribution in [3.63, 3.8) is 0 Å². The van der Waals surface area contributed by atoms with Crippen molar-refractivity contribution < 1.29 is 14.5 Å². The number of esters is 1. The highest BCUT2D eigenvalue weighted by Gasteiger charge is 2.13. The van der Waals surface area contributed by atoms with Gasteiger partial charge in [-0.3, -0.25) is 10.1 Å². The molecule has 0 aliphatic heterocycles. The number of non-ortho nitro benzene ring substituents is 1. The van der Waals surface area contributed by atoms with E-state index < -0.39 is 10.9 Å². The summed E-state index contributed by atoms with van der Waals surface area (Å²) in [7, 11) is 0. The zero-order valence-corrected chi connectivity index (χ0v) is 12.0. The predicted octanol–water partition coefficient (Wildman–Crippen LogP) is 3.97. The van der Waals surface area contributed by atoms with Gasteiger partial charge >= 0.3 is 5.97 Å². The highest BCUT2D eigenvalue weighted by Crippen LogP contribution is 2.15. The van der Waals surface area contributed by atoms with Gasteiger partial charge in [0.15, 0.2) is 0 Å². The van der Waals surface area contributed by atoms with Crippen LogP contribution in [0.1, 0.15) is 49.9 Å². The summed E-state index contributed by atoms with van der Waals surface area (Å²) in [5.74, 6) is -0.0354. The number of rotatable bonds is 8.